The summed E-state index contributed by atoms with van der Waals surface area (Å²) < 4.78 is 12.6. The Morgan fingerprint density at radius 3 is 2.53 bits per heavy atom. The molecule has 0 radical (unpaired) electrons. The maximum atomic E-state index is 12.6. The number of ketones is 1. The van der Waals surface area contributed by atoms with Crippen LogP contribution in [-0.2, 0) is 13.6 Å². The normalized spacial score (nSPS) is 10.6. The number of Topliss-reactive ketones (excluding diaryl/α,β-unsaturated/α-hetero) is 1. The molecule has 0 saturated carbocycles. The highest BCUT2D eigenvalue weighted by Gasteiger charge is 2.13. The van der Waals surface area contributed by atoms with Crippen LogP contribution < -0.4 is 14.8 Å². The van der Waals surface area contributed by atoms with Gasteiger partial charge in [-0.3, -0.25) is 4.79 Å². The summed E-state index contributed by atoms with van der Waals surface area (Å²) in [4.78, 5) is 12.6. The predicted molar refractivity (Wildman–Crippen MR) is 124 cm³/mol. The lowest BCUT2D eigenvalue weighted by Gasteiger charge is -2.10. The molecular weight excluding hydrogens is 400 g/mol. The van der Waals surface area contributed by atoms with E-state index in [4.69, 9.17) is 9.47 Å². The van der Waals surface area contributed by atoms with Crippen molar-refractivity contribution in [2.45, 2.75) is 32.2 Å². The Morgan fingerprint density at radius 1 is 1.00 bits per heavy atom. The average Bonchev–Trinajstić information content (AvgIpc) is 3.09. The summed E-state index contributed by atoms with van der Waals surface area (Å²) in [5.41, 5.74) is 3.11. The average molecular weight is 431 g/mol. The Labute approximate surface area is 184 Å². The van der Waals surface area contributed by atoms with Gasteiger partial charge < -0.3 is 19.4 Å². The number of benzene rings is 2. The van der Waals surface area contributed by atoms with Crippen LogP contribution in [0.3, 0.4) is 0 Å². The van der Waals surface area contributed by atoms with Gasteiger partial charge in [0, 0.05) is 42.7 Å². The molecule has 0 amide bonds. The van der Waals surface area contributed by atoms with E-state index < -0.39 is 0 Å². The van der Waals surface area contributed by atoms with Gasteiger partial charge in [0.25, 0.3) is 0 Å². The molecule has 2 aromatic carbocycles. The summed E-state index contributed by atoms with van der Waals surface area (Å²) >= 11 is 0. The molecule has 0 bridgehead atoms. The van der Waals surface area contributed by atoms with E-state index in [0.717, 1.165) is 65.9 Å². The zero-order valence-corrected chi connectivity index (χ0v) is 18.8. The monoisotopic (exact) mass is 430 g/mol. The molecule has 3 rings (SSSR count). The third-order valence-corrected chi connectivity index (χ3v) is 5.23. The zero-order valence-electron chi connectivity index (χ0n) is 17.9. The van der Waals surface area contributed by atoms with E-state index in [1.165, 1.54) is 0 Å². The van der Waals surface area contributed by atoms with E-state index in [1.54, 1.807) is 14.2 Å². The molecule has 5 nitrogen and oxygen atoms in total. The number of rotatable bonds is 11. The second-order valence-electron chi connectivity index (χ2n) is 7.27. The van der Waals surface area contributed by atoms with Gasteiger partial charge in [-0.25, -0.2) is 0 Å². The number of aryl methyl sites for hydroxylation is 1. The highest BCUT2D eigenvalue weighted by atomic mass is 35.5. The number of aromatic nitrogens is 1. The molecule has 0 atom stereocenters. The summed E-state index contributed by atoms with van der Waals surface area (Å²) in [5, 5.41) is 4.51. The van der Waals surface area contributed by atoms with Crippen molar-refractivity contribution >= 4 is 29.1 Å². The highest BCUT2D eigenvalue weighted by molar-refractivity contribution is 6.08. The fourth-order valence-electron chi connectivity index (χ4n) is 3.63. The van der Waals surface area contributed by atoms with Crippen LogP contribution >= 0.6 is 12.4 Å². The number of hydrogen-bond donors (Lipinski definition) is 1. The first kappa shape index (κ1) is 23.8. The van der Waals surface area contributed by atoms with Crippen molar-refractivity contribution < 1.29 is 14.3 Å². The largest absolute Gasteiger partial charge is 0.493 e. The molecule has 162 valence electrons. The van der Waals surface area contributed by atoms with Crippen LogP contribution in [0.1, 0.15) is 41.6 Å². The molecule has 0 saturated heterocycles. The summed E-state index contributed by atoms with van der Waals surface area (Å²) in [6.45, 7) is 1.71. The number of para-hydroxylation sites is 1. The minimum atomic E-state index is 0. The molecule has 0 aliphatic rings. The minimum absolute atomic E-state index is 0. The van der Waals surface area contributed by atoms with Gasteiger partial charge in [-0.05, 0) is 43.1 Å². The summed E-state index contributed by atoms with van der Waals surface area (Å²) in [7, 11) is 5.28. The number of nitrogens with zero attached hydrogens (tertiary/aromatic N) is 1. The number of unbranched alkanes of at least 4 members (excludes halogenated alkanes) is 2. The van der Waals surface area contributed by atoms with Crippen molar-refractivity contribution in [3.8, 4) is 11.5 Å². The number of nitrogens with one attached hydrogen (secondary N) is 1. The van der Waals surface area contributed by atoms with Crippen molar-refractivity contribution in [3.63, 3.8) is 0 Å². The molecule has 0 unspecified atom stereocenters. The van der Waals surface area contributed by atoms with E-state index in [9.17, 15) is 4.79 Å². The first-order valence-corrected chi connectivity index (χ1v) is 10.1. The maximum Gasteiger partial charge on any atom is 0.165 e. The smallest absolute Gasteiger partial charge is 0.165 e. The van der Waals surface area contributed by atoms with Crippen molar-refractivity contribution in [1.82, 2.24) is 9.88 Å². The van der Waals surface area contributed by atoms with Crippen molar-refractivity contribution in [3.05, 3.63) is 59.8 Å². The lowest BCUT2D eigenvalue weighted by molar-refractivity contribution is 0.0980. The zero-order chi connectivity index (χ0) is 20.6. The predicted octanol–water partition coefficient (Wildman–Crippen LogP) is 5.15. The van der Waals surface area contributed by atoms with Crippen LogP contribution in [0.5, 0.6) is 11.5 Å². The van der Waals surface area contributed by atoms with E-state index >= 15 is 0 Å². The van der Waals surface area contributed by atoms with Crippen molar-refractivity contribution in [1.29, 1.82) is 0 Å². The van der Waals surface area contributed by atoms with Gasteiger partial charge in [-0.1, -0.05) is 30.7 Å². The SMILES string of the molecule is COc1ccc(CNCCCCCC(=O)c2cn(C)c3ccccc23)cc1OC.Cl. The van der Waals surface area contributed by atoms with Gasteiger partial charge in [-0.15, -0.1) is 12.4 Å². The van der Waals surface area contributed by atoms with Crippen LogP contribution in [-0.4, -0.2) is 31.1 Å². The molecular formula is C24H31ClN2O3. The molecule has 0 aliphatic carbocycles. The van der Waals surface area contributed by atoms with Gasteiger partial charge in [0.05, 0.1) is 14.2 Å². The third kappa shape index (κ3) is 5.77. The van der Waals surface area contributed by atoms with Crippen LogP contribution in [0.15, 0.2) is 48.7 Å². The lowest BCUT2D eigenvalue weighted by atomic mass is 10.0. The molecule has 0 fully saturated rings. The van der Waals surface area contributed by atoms with E-state index in [2.05, 4.69) is 11.4 Å². The van der Waals surface area contributed by atoms with Gasteiger partial charge in [-0.2, -0.15) is 0 Å². The van der Waals surface area contributed by atoms with E-state index in [0.29, 0.717) is 6.42 Å². The Kier molecular flexibility index (Phi) is 9.21. The van der Waals surface area contributed by atoms with Crippen molar-refractivity contribution in [2.24, 2.45) is 7.05 Å². The van der Waals surface area contributed by atoms with Crippen LogP contribution in [0.2, 0.25) is 0 Å². The standard InChI is InChI=1S/C24H30N2O3.ClH/c1-26-17-20(19-9-6-7-10-21(19)26)22(27)11-5-4-8-14-25-16-18-12-13-23(28-2)24(15-18)29-3;/h6-7,9-10,12-13,15,17,25H,4-5,8,11,14,16H2,1-3H3;1H. The topological polar surface area (TPSA) is 52.5 Å². The number of methoxy groups -OCH3 is 2. The highest BCUT2D eigenvalue weighted by Crippen LogP contribution is 2.27. The number of ether oxygens (including phenoxy) is 2. The lowest BCUT2D eigenvalue weighted by Crippen LogP contribution is -2.14. The molecule has 6 heteroatoms. The van der Waals surface area contributed by atoms with E-state index in [1.807, 2.05) is 54.2 Å². The summed E-state index contributed by atoms with van der Waals surface area (Å²) in [6, 6.07) is 14.0. The molecule has 30 heavy (non-hydrogen) atoms. The van der Waals surface area contributed by atoms with Crippen molar-refractivity contribution in [2.75, 3.05) is 20.8 Å². The molecule has 0 aliphatic heterocycles. The number of fused-ring (bicyclic) bond motifs is 1. The quantitative estimate of drug-likeness (QED) is 0.337. The maximum absolute atomic E-state index is 12.6. The number of carbonyl (C=O) groups is 1. The molecule has 1 aromatic heterocycles. The van der Waals surface area contributed by atoms with Gasteiger partial charge in [0.15, 0.2) is 17.3 Å². The third-order valence-electron chi connectivity index (χ3n) is 5.23. The fourth-order valence-corrected chi connectivity index (χ4v) is 3.63. The molecule has 1 heterocycles. The number of hydrogen-bond acceptors (Lipinski definition) is 4. The molecule has 3 aromatic rings. The Hall–Kier alpha value is -2.50. The van der Waals surface area contributed by atoms with Gasteiger partial charge in [0.2, 0.25) is 0 Å². The minimum Gasteiger partial charge on any atom is -0.493 e. The Balaban J connectivity index is 0.00000320. The summed E-state index contributed by atoms with van der Waals surface area (Å²) in [5.74, 6) is 1.73. The van der Waals surface area contributed by atoms with Gasteiger partial charge >= 0.3 is 0 Å². The molecule has 1 N–H and O–H groups in total. The Morgan fingerprint density at radius 2 is 1.77 bits per heavy atom. The second-order valence-corrected chi connectivity index (χ2v) is 7.27. The van der Waals surface area contributed by atoms with Gasteiger partial charge in [0.1, 0.15) is 0 Å². The number of carbonyl (C=O) groups excluding carboxylic acids is 1. The molecule has 0 spiro atoms. The summed E-state index contributed by atoms with van der Waals surface area (Å²) in [6.07, 6.45) is 5.56. The van der Waals surface area contributed by atoms with Crippen LogP contribution in [0.25, 0.3) is 10.9 Å². The second kappa shape index (κ2) is 11.6. The Bertz CT molecular complexity index is 968. The number of halogens is 1. The fraction of sp³-hybridized carbons (Fsp3) is 0.375. The van der Waals surface area contributed by atoms with Crippen LogP contribution in [0, 0.1) is 0 Å². The first-order chi connectivity index (χ1) is 14.1. The first-order valence-electron chi connectivity index (χ1n) is 10.1. The van der Waals surface area contributed by atoms with E-state index in [-0.39, 0.29) is 18.2 Å². The van der Waals surface area contributed by atoms with Crippen LogP contribution in [0.4, 0.5) is 0 Å².